The number of imidazole rings is 1. The average Bonchev–Trinajstić information content (AvgIpc) is 2.93. The van der Waals surface area contributed by atoms with Gasteiger partial charge in [-0.1, -0.05) is 0 Å². The van der Waals surface area contributed by atoms with Gasteiger partial charge in [-0.15, -0.1) is 0 Å². The molecule has 1 aromatic rings. The maximum absolute atomic E-state index is 12.1. The Kier molecular flexibility index (Phi) is 4.93. The molecule has 6 nitrogen and oxygen atoms in total. The molecular weight excluding hydrogens is 244 g/mol. The van der Waals surface area contributed by atoms with E-state index in [0.717, 1.165) is 31.6 Å². The summed E-state index contributed by atoms with van der Waals surface area (Å²) in [5.74, 6) is 0.192. The summed E-state index contributed by atoms with van der Waals surface area (Å²) in [6, 6.07) is -0.437. The number of nitrogens with zero attached hydrogens (tertiary/aromatic N) is 3. The molecule has 0 aromatic carbocycles. The second-order valence-corrected chi connectivity index (χ2v) is 4.99. The molecule has 0 bridgehead atoms. The SMILES string of the molecule is NC(CO)c1cncn1CCC(=O)N1CCCCC1. The standard InChI is InChI=1S/C13H22N4O2/c14-11(9-18)12-8-15-10-17(12)7-4-13(19)16-5-2-1-3-6-16/h8,10-11,18H,1-7,9,14H2. The van der Waals surface area contributed by atoms with Crippen LogP contribution in [0.1, 0.15) is 37.4 Å². The van der Waals surface area contributed by atoms with Crippen LogP contribution >= 0.6 is 0 Å². The summed E-state index contributed by atoms with van der Waals surface area (Å²) in [5.41, 5.74) is 6.55. The number of hydrogen-bond donors (Lipinski definition) is 2. The van der Waals surface area contributed by atoms with Crippen molar-refractivity contribution in [2.75, 3.05) is 19.7 Å². The van der Waals surface area contributed by atoms with E-state index in [-0.39, 0.29) is 12.5 Å². The second-order valence-electron chi connectivity index (χ2n) is 4.99. The smallest absolute Gasteiger partial charge is 0.224 e. The van der Waals surface area contributed by atoms with Gasteiger partial charge in [0.2, 0.25) is 5.91 Å². The third-order valence-electron chi connectivity index (χ3n) is 3.60. The maximum Gasteiger partial charge on any atom is 0.224 e. The monoisotopic (exact) mass is 266 g/mol. The number of rotatable bonds is 5. The molecule has 1 amide bonds. The summed E-state index contributed by atoms with van der Waals surface area (Å²) in [6.07, 6.45) is 7.21. The molecule has 1 atom stereocenters. The highest BCUT2D eigenvalue weighted by atomic mass is 16.3. The zero-order chi connectivity index (χ0) is 13.7. The van der Waals surface area contributed by atoms with E-state index in [0.29, 0.717) is 13.0 Å². The van der Waals surface area contributed by atoms with Crippen LogP contribution in [0.15, 0.2) is 12.5 Å². The van der Waals surface area contributed by atoms with Gasteiger partial charge in [0.25, 0.3) is 0 Å². The topological polar surface area (TPSA) is 84.4 Å². The zero-order valence-electron chi connectivity index (χ0n) is 11.2. The number of nitrogens with two attached hydrogens (primary N) is 1. The quantitative estimate of drug-likeness (QED) is 0.801. The minimum absolute atomic E-state index is 0.119. The molecule has 0 spiro atoms. The van der Waals surface area contributed by atoms with Crippen LogP contribution in [0.25, 0.3) is 0 Å². The molecule has 19 heavy (non-hydrogen) atoms. The Morgan fingerprint density at radius 2 is 2.16 bits per heavy atom. The van der Waals surface area contributed by atoms with Crippen LogP contribution in [0.2, 0.25) is 0 Å². The van der Waals surface area contributed by atoms with Crippen LogP contribution in [0.4, 0.5) is 0 Å². The Hall–Kier alpha value is -1.40. The van der Waals surface area contributed by atoms with Gasteiger partial charge in [0.15, 0.2) is 0 Å². The molecule has 1 aliphatic rings. The summed E-state index contributed by atoms with van der Waals surface area (Å²) >= 11 is 0. The molecule has 3 N–H and O–H groups in total. The fraction of sp³-hybridized carbons (Fsp3) is 0.692. The molecule has 6 heteroatoms. The van der Waals surface area contributed by atoms with Crippen LogP contribution in [0.5, 0.6) is 0 Å². The summed E-state index contributed by atoms with van der Waals surface area (Å²) < 4.78 is 1.85. The van der Waals surface area contributed by atoms with Crippen LogP contribution in [-0.2, 0) is 11.3 Å². The molecule has 1 saturated heterocycles. The Labute approximate surface area is 113 Å². The zero-order valence-corrected chi connectivity index (χ0v) is 11.2. The van der Waals surface area contributed by atoms with Crippen molar-refractivity contribution in [3.05, 3.63) is 18.2 Å². The van der Waals surface area contributed by atoms with E-state index in [1.165, 1.54) is 6.42 Å². The number of carbonyl (C=O) groups excluding carboxylic acids is 1. The van der Waals surface area contributed by atoms with Crippen LogP contribution in [0.3, 0.4) is 0 Å². The largest absolute Gasteiger partial charge is 0.394 e. The van der Waals surface area contributed by atoms with Crippen molar-refractivity contribution >= 4 is 5.91 Å². The molecule has 2 rings (SSSR count). The van der Waals surface area contributed by atoms with E-state index in [1.54, 1.807) is 12.5 Å². The molecular formula is C13H22N4O2. The van der Waals surface area contributed by atoms with E-state index in [2.05, 4.69) is 4.98 Å². The van der Waals surface area contributed by atoms with Gasteiger partial charge in [-0.25, -0.2) is 4.98 Å². The molecule has 1 aromatic heterocycles. The number of likely N-dealkylation sites (tertiary alicyclic amines) is 1. The Balaban J connectivity index is 1.88. The highest BCUT2D eigenvalue weighted by molar-refractivity contribution is 5.76. The van der Waals surface area contributed by atoms with E-state index in [4.69, 9.17) is 10.8 Å². The van der Waals surface area contributed by atoms with Crippen molar-refractivity contribution in [3.63, 3.8) is 0 Å². The van der Waals surface area contributed by atoms with E-state index < -0.39 is 6.04 Å². The van der Waals surface area contributed by atoms with Crippen molar-refractivity contribution in [1.82, 2.24) is 14.5 Å². The van der Waals surface area contributed by atoms with Gasteiger partial charge in [0, 0.05) is 32.3 Å². The predicted molar refractivity (Wildman–Crippen MR) is 71.3 cm³/mol. The third-order valence-corrected chi connectivity index (χ3v) is 3.60. The Morgan fingerprint density at radius 1 is 1.42 bits per heavy atom. The highest BCUT2D eigenvalue weighted by Crippen LogP contribution is 2.12. The van der Waals surface area contributed by atoms with Crippen LogP contribution < -0.4 is 5.73 Å². The Morgan fingerprint density at radius 3 is 2.84 bits per heavy atom. The van der Waals surface area contributed by atoms with Gasteiger partial charge in [-0.05, 0) is 19.3 Å². The number of carbonyl (C=O) groups is 1. The minimum Gasteiger partial charge on any atom is -0.394 e. The van der Waals surface area contributed by atoms with Crippen molar-refractivity contribution in [2.24, 2.45) is 5.73 Å². The number of aryl methyl sites for hydroxylation is 1. The van der Waals surface area contributed by atoms with Crippen molar-refractivity contribution < 1.29 is 9.90 Å². The van der Waals surface area contributed by atoms with E-state index >= 15 is 0 Å². The van der Waals surface area contributed by atoms with Gasteiger partial charge >= 0.3 is 0 Å². The van der Waals surface area contributed by atoms with Crippen molar-refractivity contribution in [3.8, 4) is 0 Å². The summed E-state index contributed by atoms with van der Waals surface area (Å²) in [5, 5.41) is 9.07. The van der Waals surface area contributed by atoms with Crippen LogP contribution in [0, 0.1) is 0 Å². The molecule has 1 aliphatic heterocycles. The molecule has 1 fully saturated rings. The first-order valence-corrected chi connectivity index (χ1v) is 6.86. The first-order chi connectivity index (χ1) is 9.22. The number of piperidine rings is 1. The fourth-order valence-corrected chi connectivity index (χ4v) is 2.44. The molecule has 0 saturated carbocycles. The van der Waals surface area contributed by atoms with Crippen molar-refractivity contribution in [1.29, 1.82) is 0 Å². The molecule has 1 unspecified atom stereocenters. The highest BCUT2D eigenvalue weighted by Gasteiger charge is 2.17. The van der Waals surface area contributed by atoms with Gasteiger partial charge in [-0.2, -0.15) is 0 Å². The van der Waals surface area contributed by atoms with Crippen LogP contribution in [-0.4, -0.2) is 45.2 Å². The average molecular weight is 266 g/mol. The number of amides is 1. The fourth-order valence-electron chi connectivity index (χ4n) is 2.44. The number of aliphatic hydroxyl groups excluding tert-OH is 1. The Bertz CT molecular complexity index is 413. The number of aliphatic hydroxyl groups is 1. The molecule has 0 radical (unpaired) electrons. The molecule has 106 valence electrons. The van der Waals surface area contributed by atoms with Gasteiger partial charge in [0.1, 0.15) is 0 Å². The number of aromatic nitrogens is 2. The number of hydrogen-bond acceptors (Lipinski definition) is 4. The lowest BCUT2D eigenvalue weighted by Crippen LogP contribution is -2.36. The third kappa shape index (κ3) is 3.54. The second kappa shape index (κ2) is 6.68. The first-order valence-electron chi connectivity index (χ1n) is 6.86. The lowest BCUT2D eigenvalue weighted by molar-refractivity contribution is -0.132. The molecule has 2 heterocycles. The van der Waals surface area contributed by atoms with Crippen molar-refractivity contribution in [2.45, 2.75) is 38.3 Å². The summed E-state index contributed by atoms with van der Waals surface area (Å²) in [7, 11) is 0. The lowest BCUT2D eigenvalue weighted by Gasteiger charge is -2.27. The minimum atomic E-state index is -0.437. The van der Waals surface area contributed by atoms with Gasteiger partial charge < -0.3 is 20.3 Å². The first kappa shape index (κ1) is 14.0. The normalized spacial score (nSPS) is 17.5. The maximum atomic E-state index is 12.1. The summed E-state index contributed by atoms with van der Waals surface area (Å²) in [4.78, 5) is 18.0. The van der Waals surface area contributed by atoms with E-state index in [1.807, 2.05) is 9.47 Å². The lowest BCUT2D eigenvalue weighted by atomic mass is 10.1. The van der Waals surface area contributed by atoms with Gasteiger partial charge in [-0.3, -0.25) is 4.79 Å². The molecule has 0 aliphatic carbocycles. The van der Waals surface area contributed by atoms with Gasteiger partial charge in [0.05, 0.1) is 24.7 Å². The predicted octanol–water partition coefficient (Wildman–Crippen LogP) is 0.278. The van der Waals surface area contributed by atoms with E-state index in [9.17, 15) is 4.79 Å². The summed E-state index contributed by atoms with van der Waals surface area (Å²) in [6.45, 7) is 2.21.